The second-order valence-electron chi connectivity index (χ2n) is 14.0. The lowest BCUT2D eigenvalue weighted by Gasteiger charge is -2.39. The second-order valence-corrected chi connectivity index (χ2v) is 23.5. The Hall–Kier alpha value is -1.47. The van der Waals surface area contributed by atoms with Crippen molar-refractivity contribution in [1.29, 1.82) is 0 Å². The standard InChI is InChI=1S/C34H56O2Si2/c1-33(2,3)37(7,8)35-31(27-25-29-19-13-11-14-20-29)23-17-18-24-32(36-38(9,10)34(4,5)6)28-26-30-21-15-12-16-22-30/h11-22,31-32H,23-28H2,1-10H3/b18-17+. The van der Waals surface area contributed by atoms with Crippen LogP contribution in [0.25, 0.3) is 0 Å². The van der Waals surface area contributed by atoms with Gasteiger partial charge in [0.1, 0.15) is 0 Å². The first-order valence-electron chi connectivity index (χ1n) is 14.7. The van der Waals surface area contributed by atoms with E-state index in [-0.39, 0.29) is 22.3 Å². The number of aryl methyl sites for hydroxylation is 2. The number of rotatable bonds is 14. The normalized spacial score (nSPS) is 15.1. The minimum absolute atomic E-state index is 0.210. The molecule has 4 heteroatoms. The minimum atomic E-state index is -1.84. The summed E-state index contributed by atoms with van der Waals surface area (Å²) < 4.78 is 13.9. The van der Waals surface area contributed by atoms with Crippen LogP contribution in [-0.2, 0) is 21.7 Å². The molecule has 212 valence electrons. The maximum Gasteiger partial charge on any atom is 0.192 e. The molecule has 0 aromatic heterocycles. The maximum absolute atomic E-state index is 6.93. The Kier molecular flexibility index (Phi) is 12.3. The Labute approximate surface area is 237 Å². The molecule has 0 heterocycles. The fourth-order valence-corrected chi connectivity index (χ4v) is 6.88. The summed E-state index contributed by atoms with van der Waals surface area (Å²) in [6.07, 6.45) is 11.4. The Bertz CT molecular complexity index is 874. The molecule has 0 N–H and O–H groups in total. The van der Waals surface area contributed by atoms with Crippen LogP contribution in [-0.4, -0.2) is 28.8 Å². The third kappa shape index (κ3) is 11.0. The van der Waals surface area contributed by atoms with Crippen LogP contribution in [0.3, 0.4) is 0 Å². The molecule has 2 aromatic carbocycles. The Morgan fingerprint density at radius 3 is 1.18 bits per heavy atom. The van der Waals surface area contributed by atoms with Gasteiger partial charge in [0.15, 0.2) is 16.6 Å². The van der Waals surface area contributed by atoms with E-state index >= 15 is 0 Å². The van der Waals surface area contributed by atoms with Crippen molar-refractivity contribution in [3.8, 4) is 0 Å². The van der Waals surface area contributed by atoms with Crippen molar-refractivity contribution in [2.75, 3.05) is 0 Å². The van der Waals surface area contributed by atoms with Crippen molar-refractivity contribution in [3.63, 3.8) is 0 Å². The molecule has 0 fully saturated rings. The van der Waals surface area contributed by atoms with Gasteiger partial charge in [-0.3, -0.25) is 0 Å². The van der Waals surface area contributed by atoms with Gasteiger partial charge in [-0.05, 0) is 85.9 Å². The van der Waals surface area contributed by atoms with Crippen molar-refractivity contribution in [2.24, 2.45) is 0 Å². The van der Waals surface area contributed by atoms with Gasteiger partial charge in [0.05, 0.1) is 0 Å². The van der Waals surface area contributed by atoms with E-state index in [2.05, 4.69) is 141 Å². The zero-order valence-electron chi connectivity index (χ0n) is 26.1. The van der Waals surface area contributed by atoms with E-state index < -0.39 is 16.6 Å². The molecule has 0 aliphatic heterocycles. The third-order valence-electron chi connectivity index (χ3n) is 8.70. The molecule has 2 rings (SSSR count). The summed E-state index contributed by atoms with van der Waals surface area (Å²) in [5, 5.41) is 0.419. The smallest absolute Gasteiger partial charge is 0.192 e. The fraction of sp³-hybridized carbons (Fsp3) is 0.588. The van der Waals surface area contributed by atoms with Gasteiger partial charge in [-0.25, -0.2) is 0 Å². The summed E-state index contributed by atoms with van der Waals surface area (Å²) >= 11 is 0. The van der Waals surface area contributed by atoms with Crippen LogP contribution in [0.5, 0.6) is 0 Å². The number of hydrogen-bond donors (Lipinski definition) is 0. The van der Waals surface area contributed by atoms with E-state index in [1.165, 1.54) is 11.1 Å². The molecule has 0 amide bonds. The summed E-state index contributed by atoms with van der Waals surface area (Å²) in [6.45, 7) is 23.5. The van der Waals surface area contributed by atoms with Crippen molar-refractivity contribution in [3.05, 3.63) is 83.9 Å². The molecule has 0 bridgehead atoms. The highest BCUT2D eigenvalue weighted by Gasteiger charge is 2.40. The molecule has 2 atom stereocenters. The highest BCUT2D eigenvalue weighted by atomic mass is 28.4. The first kappa shape index (κ1) is 32.7. The third-order valence-corrected chi connectivity index (χ3v) is 17.8. The Morgan fingerprint density at radius 2 is 0.895 bits per heavy atom. The maximum atomic E-state index is 6.93. The van der Waals surface area contributed by atoms with Gasteiger partial charge in [0.25, 0.3) is 0 Å². The van der Waals surface area contributed by atoms with E-state index in [1.54, 1.807) is 0 Å². The summed E-state index contributed by atoms with van der Waals surface area (Å²) in [5.41, 5.74) is 2.79. The SMILES string of the molecule is CC(C)(C)[Si](C)(C)OC(C/C=C/CC(CCc1ccccc1)O[Si](C)(C)C(C)(C)C)CCc1ccccc1. The molecule has 2 aromatic rings. The van der Waals surface area contributed by atoms with Gasteiger partial charge < -0.3 is 8.85 Å². The number of hydrogen-bond acceptors (Lipinski definition) is 2. The molecular weight excluding hydrogens is 497 g/mol. The highest BCUT2D eigenvalue weighted by molar-refractivity contribution is 6.74. The molecule has 2 nitrogen and oxygen atoms in total. The predicted molar refractivity (Wildman–Crippen MR) is 172 cm³/mol. The molecule has 2 unspecified atom stereocenters. The van der Waals surface area contributed by atoms with Gasteiger partial charge in [0, 0.05) is 12.2 Å². The van der Waals surface area contributed by atoms with Crippen LogP contribution >= 0.6 is 0 Å². The van der Waals surface area contributed by atoms with Gasteiger partial charge in [-0.1, -0.05) is 114 Å². The molecule has 0 saturated heterocycles. The molecular formula is C34H56O2Si2. The monoisotopic (exact) mass is 552 g/mol. The van der Waals surface area contributed by atoms with Crippen molar-refractivity contribution >= 4 is 16.6 Å². The van der Waals surface area contributed by atoms with Gasteiger partial charge in [0.2, 0.25) is 0 Å². The van der Waals surface area contributed by atoms with E-state index in [4.69, 9.17) is 8.85 Å². The zero-order valence-corrected chi connectivity index (χ0v) is 28.1. The fourth-order valence-electron chi connectivity index (χ4n) is 4.08. The van der Waals surface area contributed by atoms with E-state index in [0.29, 0.717) is 0 Å². The van der Waals surface area contributed by atoms with E-state index in [0.717, 1.165) is 38.5 Å². The first-order chi connectivity index (χ1) is 17.6. The average molecular weight is 553 g/mol. The predicted octanol–water partition coefficient (Wildman–Crippen LogP) is 10.4. The largest absolute Gasteiger partial charge is 0.414 e. The topological polar surface area (TPSA) is 18.5 Å². The zero-order chi connectivity index (χ0) is 28.5. The molecule has 0 spiro atoms. The molecule has 38 heavy (non-hydrogen) atoms. The van der Waals surface area contributed by atoms with Crippen molar-refractivity contribution < 1.29 is 8.85 Å². The van der Waals surface area contributed by atoms with Crippen LogP contribution < -0.4 is 0 Å². The van der Waals surface area contributed by atoms with Crippen LogP contribution in [0, 0.1) is 0 Å². The van der Waals surface area contributed by atoms with E-state index in [9.17, 15) is 0 Å². The molecule has 0 saturated carbocycles. The summed E-state index contributed by atoms with van der Waals surface area (Å²) in [4.78, 5) is 0. The summed E-state index contributed by atoms with van der Waals surface area (Å²) in [6, 6.07) is 21.7. The highest BCUT2D eigenvalue weighted by Crippen LogP contribution is 2.39. The van der Waals surface area contributed by atoms with Crippen LogP contribution in [0.4, 0.5) is 0 Å². The van der Waals surface area contributed by atoms with E-state index in [1.807, 2.05) is 0 Å². The van der Waals surface area contributed by atoms with Crippen LogP contribution in [0.1, 0.15) is 78.4 Å². The molecule has 0 aliphatic rings. The van der Waals surface area contributed by atoms with Crippen LogP contribution in [0.15, 0.2) is 72.8 Å². The lowest BCUT2D eigenvalue weighted by atomic mass is 10.0. The van der Waals surface area contributed by atoms with Gasteiger partial charge >= 0.3 is 0 Å². The quantitative estimate of drug-likeness (QED) is 0.171. The second kappa shape index (κ2) is 14.2. The lowest BCUT2D eigenvalue weighted by molar-refractivity contribution is 0.170. The average Bonchev–Trinajstić information content (AvgIpc) is 2.83. The van der Waals surface area contributed by atoms with Gasteiger partial charge in [-0.15, -0.1) is 0 Å². The minimum Gasteiger partial charge on any atom is -0.414 e. The lowest BCUT2D eigenvalue weighted by Crippen LogP contribution is -2.44. The Morgan fingerprint density at radius 1 is 0.579 bits per heavy atom. The Balaban J connectivity index is 2.08. The first-order valence-corrected chi connectivity index (χ1v) is 20.5. The van der Waals surface area contributed by atoms with Crippen molar-refractivity contribution in [1.82, 2.24) is 0 Å². The summed E-state index contributed by atoms with van der Waals surface area (Å²) in [5.74, 6) is 0. The van der Waals surface area contributed by atoms with Gasteiger partial charge in [-0.2, -0.15) is 0 Å². The summed E-state index contributed by atoms with van der Waals surface area (Å²) in [7, 11) is -3.69. The van der Waals surface area contributed by atoms with Crippen molar-refractivity contribution in [2.45, 2.75) is 129 Å². The molecule has 0 aliphatic carbocycles. The van der Waals surface area contributed by atoms with Crippen LogP contribution in [0.2, 0.25) is 36.3 Å². The number of benzene rings is 2. The molecule has 0 radical (unpaired) electrons.